The molecule has 2 amide bonds. The molecule has 2 atom stereocenters. The molecule has 1 N–H and O–H groups in total. The van der Waals surface area contributed by atoms with Crippen LogP contribution in [0.15, 0.2) is 42.5 Å². The molecule has 0 heterocycles. The molecule has 0 aliphatic heterocycles. The number of hydrogen-bond acceptors (Lipinski definition) is 5. The second-order valence-electron chi connectivity index (χ2n) is 8.80. The number of ether oxygens (including phenoxy) is 1. The largest absolute Gasteiger partial charge is 0.497 e. The quantitative estimate of drug-likeness (QED) is 0.425. The second kappa shape index (κ2) is 12.7. The molecule has 0 bridgehead atoms. The molecule has 2 aromatic rings. The van der Waals surface area contributed by atoms with E-state index in [4.69, 9.17) is 16.3 Å². The van der Waals surface area contributed by atoms with Crippen molar-refractivity contribution in [3.05, 3.63) is 58.6 Å². The monoisotopic (exact) mass is 577 g/mol. The van der Waals surface area contributed by atoms with E-state index in [1.807, 2.05) is 6.92 Å². The maximum Gasteiger partial charge on any atom is 0.416 e. The van der Waals surface area contributed by atoms with Crippen molar-refractivity contribution in [2.75, 3.05) is 24.2 Å². The Morgan fingerprint density at radius 3 is 2.21 bits per heavy atom. The number of anilines is 1. The minimum Gasteiger partial charge on any atom is -0.497 e. The van der Waals surface area contributed by atoms with Gasteiger partial charge in [-0.2, -0.15) is 13.2 Å². The highest BCUT2D eigenvalue weighted by Crippen LogP contribution is 2.36. The molecule has 38 heavy (non-hydrogen) atoms. The van der Waals surface area contributed by atoms with Crippen molar-refractivity contribution in [3.63, 3.8) is 0 Å². The highest BCUT2D eigenvalue weighted by atomic mass is 35.5. The Balaban J connectivity index is 2.49. The van der Waals surface area contributed by atoms with E-state index in [0.29, 0.717) is 34.2 Å². The van der Waals surface area contributed by atoms with Gasteiger partial charge in [-0.3, -0.25) is 13.9 Å². The first-order chi connectivity index (χ1) is 17.6. The van der Waals surface area contributed by atoms with Crippen LogP contribution >= 0.6 is 11.6 Å². The van der Waals surface area contributed by atoms with Gasteiger partial charge in [0.05, 0.1) is 29.6 Å². The van der Waals surface area contributed by atoms with Crippen molar-refractivity contribution in [1.29, 1.82) is 0 Å². The molecule has 2 unspecified atom stereocenters. The fourth-order valence-corrected chi connectivity index (χ4v) is 4.57. The summed E-state index contributed by atoms with van der Waals surface area (Å²) in [6.45, 7) is 4.20. The molecule has 0 aliphatic rings. The summed E-state index contributed by atoms with van der Waals surface area (Å²) < 4.78 is 70.9. The van der Waals surface area contributed by atoms with E-state index >= 15 is 0 Å². The van der Waals surface area contributed by atoms with Crippen LogP contribution < -0.4 is 14.4 Å². The van der Waals surface area contributed by atoms with Gasteiger partial charge in [-0.15, -0.1) is 0 Å². The van der Waals surface area contributed by atoms with Crippen LogP contribution in [0.2, 0.25) is 5.02 Å². The minimum atomic E-state index is -4.77. The maximum atomic E-state index is 13.5. The molecule has 0 saturated heterocycles. The molecule has 0 fully saturated rings. The number of nitrogens with one attached hydrogen (secondary N) is 1. The minimum absolute atomic E-state index is 0.0775. The van der Waals surface area contributed by atoms with E-state index in [9.17, 15) is 31.2 Å². The first kappa shape index (κ1) is 31.2. The van der Waals surface area contributed by atoms with Crippen LogP contribution in [-0.4, -0.2) is 57.1 Å². The molecular formula is C25H31ClF3N3O5S. The number of benzene rings is 2. The number of sulfonamides is 1. The first-order valence-corrected chi connectivity index (χ1v) is 13.9. The number of alkyl halides is 3. The number of nitrogens with zero attached hydrogens (tertiary/aromatic N) is 2. The van der Waals surface area contributed by atoms with E-state index in [2.05, 4.69) is 5.32 Å². The highest BCUT2D eigenvalue weighted by molar-refractivity contribution is 7.92. The summed E-state index contributed by atoms with van der Waals surface area (Å²) in [6.07, 6.45) is -3.37. The first-order valence-electron chi connectivity index (χ1n) is 11.7. The summed E-state index contributed by atoms with van der Waals surface area (Å²) in [6, 6.07) is 7.66. The van der Waals surface area contributed by atoms with E-state index in [-0.39, 0.29) is 17.6 Å². The van der Waals surface area contributed by atoms with Gasteiger partial charge < -0.3 is 15.0 Å². The molecule has 0 radical (unpaired) electrons. The molecule has 0 aliphatic carbocycles. The lowest BCUT2D eigenvalue weighted by molar-refractivity contribution is -0.139. The van der Waals surface area contributed by atoms with Gasteiger partial charge in [-0.25, -0.2) is 8.42 Å². The van der Waals surface area contributed by atoms with Crippen LogP contribution in [0.5, 0.6) is 5.75 Å². The zero-order chi connectivity index (χ0) is 28.8. The Kier molecular flexibility index (Phi) is 10.4. The fraction of sp³-hybridized carbons (Fsp3) is 0.440. The lowest BCUT2D eigenvalue weighted by Crippen LogP contribution is -2.52. The van der Waals surface area contributed by atoms with E-state index < -0.39 is 51.9 Å². The molecule has 8 nitrogen and oxygen atoms in total. The third-order valence-corrected chi connectivity index (χ3v) is 7.35. The maximum absolute atomic E-state index is 13.5. The van der Waals surface area contributed by atoms with Crippen molar-refractivity contribution < 1.29 is 35.9 Å². The van der Waals surface area contributed by atoms with E-state index in [1.54, 1.807) is 31.2 Å². The van der Waals surface area contributed by atoms with Gasteiger partial charge in [0.1, 0.15) is 18.3 Å². The third kappa shape index (κ3) is 8.26. The SMILES string of the molecule is CCC(C)NC(=O)C(C)N(Cc1ccc(OC)cc1)C(=O)CN(c1cc(C(F)(F)F)ccc1Cl)S(C)(=O)=O. The zero-order valence-corrected chi connectivity index (χ0v) is 23.2. The van der Waals surface area contributed by atoms with Crippen molar-refractivity contribution >= 4 is 39.1 Å². The van der Waals surface area contributed by atoms with Crippen LogP contribution in [0, 0.1) is 0 Å². The van der Waals surface area contributed by atoms with Gasteiger partial charge in [-0.05, 0) is 56.2 Å². The molecule has 0 spiro atoms. The lowest BCUT2D eigenvalue weighted by Gasteiger charge is -2.32. The summed E-state index contributed by atoms with van der Waals surface area (Å²) in [5, 5.41) is 2.50. The predicted molar refractivity (Wildman–Crippen MR) is 140 cm³/mol. The Morgan fingerprint density at radius 1 is 1.11 bits per heavy atom. The van der Waals surface area contributed by atoms with Gasteiger partial charge in [-0.1, -0.05) is 30.7 Å². The molecular weight excluding hydrogens is 547 g/mol. The Bertz CT molecular complexity index is 1240. The third-order valence-electron chi connectivity index (χ3n) is 5.90. The number of hydrogen-bond donors (Lipinski definition) is 1. The van der Waals surface area contributed by atoms with Crippen molar-refractivity contribution in [1.82, 2.24) is 10.2 Å². The molecule has 2 rings (SSSR count). The lowest BCUT2D eigenvalue weighted by atomic mass is 10.1. The van der Waals surface area contributed by atoms with Crippen LogP contribution in [0.3, 0.4) is 0 Å². The van der Waals surface area contributed by atoms with Gasteiger partial charge in [0.15, 0.2) is 0 Å². The normalized spacial score (nSPS) is 13.4. The van der Waals surface area contributed by atoms with Gasteiger partial charge in [0.25, 0.3) is 0 Å². The van der Waals surface area contributed by atoms with Gasteiger partial charge in [0, 0.05) is 12.6 Å². The number of methoxy groups -OCH3 is 1. The topological polar surface area (TPSA) is 96.0 Å². The molecule has 13 heteroatoms. The zero-order valence-electron chi connectivity index (χ0n) is 21.7. The Morgan fingerprint density at radius 2 is 1.71 bits per heavy atom. The van der Waals surface area contributed by atoms with Gasteiger partial charge in [0.2, 0.25) is 21.8 Å². The average molecular weight is 578 g/mol. The summed E-state index contributed by atoms with van der Waals surface area (Å²) >= 11 is 6.08. The summed E-state index contributed by atoms with van der Waals surface area (Å²) in [7, 11) is -2.77. The predicted octanol–water partition coefficient (Wildman–Crippen LogP) is 4.47. The van der Waals surface area contributed by atoms with Crippen LogP contribution in [0.4, 0.5) is 18.9 Å². The van der Waals surface area contributed by atoms with E-state index in [0.717, 1.165) is 12.3 Å². The van der Waals surface area contributed by atoms with E-state index in [1.165, 1.54) is 18.9 Å². The standard InChI is InChI=1S/C25H31ClF3N3O5S/c1-6-16(2)30-24(34)17(3)31(14-18-7-10-20(37-4)11-8-18)23(33)15-32(38(5,35)36)22-13-19(25(27,28)29)9-12-21(22)26/h7-13,16-17H,6,14-15H2,1-5H3,(H,30,34). The van der Waals surface area contributed by atoms with Crippen molar-refractivity contribution in [3.8, 4) is 5.75 Å². The number of halogens is 4. The number of carbonyl (C=O) groups excluding carboxylic acids is 2. The summed E-state index contributed by atoms with van der Waals surface area (Å²) in [5.41, 5.74) is -1.02. The Labute approximate surface area is 225 Å². The second-order valence-corrected chi connectivity index (χ2v) is 11.1. The molecule has 210 valence electrons. The Hall–Kier alpha value is -2.99. The average Bonchev–Trinajstić information content (AvgIpc) is 2.84. The fourth-order valence-electron chi connectivity index (χ4n) is 3.45. The summed E-state index contributed by atoms with van der Waals surface area (Å²) in [4.78, 5) is 27.6. The number of amides is 2. The number of carbonyl (C=O) groups is 2. The summed E-state index contributed by atoms with van der Waals surface area (Å²) in [5.74, 6) is -0.715. The van der Waals surface area contributed by atoms with Crippen LogP contribution in [-0.2, 0) is 32.3 Å². The molecule has 0 aromatic heterocycles. The molecule has 0 saturated carbocycles. The highest BCUT2D eigenvalue weighted by Gasteiger charge is 2.34. The van der Waals surface area contributed by atoms with Crippen molar-refractivity contribution in [2.45, 2.75) is 52.0 Å². The smallest absolute Gasteiger partial charge is 0.416 e. The number of rotatable bonds is 11. The van der Waals surface area contributed by atoms with Crippen molar-refractivity contribution in [2.24, 2.45) is 0 Å². The van der Waals surface area contributed by atoms with Crippen LogP contribution in [0.25, 0.3) is 0 Å². The van der Waals surface area contributed by atoms with Gasteiger partial charge >= 0.3 is 6.18 Å². The molecule has 2 aromatic carbocycles. The van der Waals surface area contributed by atoms with Crippen LogP contribution in [0.1, 0.15) is 38.3 Å².